The largest absolute Gasteiger partial charge is 0.453 e. The summed E-state index contributed by atoms with van der Waals surface area (Å²) in [6, 6.07) is 76.1. The fourth-order valence-electron chi connectivity index (χ4n) is 8.40. The van der Waals surface area contributed by atoms with Crippen molar-refractivity contribution in [1.29, 1.82) is 0 Å². The van der Waals surface area contributed by atoms with Gasteiger partial charge in [0.1, 0.15) is 5.75 Å². The Balaban J connectivity index is 1.10. The molecular formula is C54H35NOS. The van der Waals surface area contributed by atoms with E-state index >= 15 is 0 Å². The third-order valence-electron chi connectivity index (χ3n) is 11.1. The molecule has 0 atom stereocenters. The lowest BCUT2D eigenvalue weighted by molar-refractivity contribution is 0.490. The number of nitrogens with zero attached hydrogens (tertiary/aromatic N) is 1. The Kier molecular flexibility index (Phi) is 8.04. The van der Waals surface area contributed by atoms with Crippen LogP contribution in [-0.4, -0.2) is 0 Å². The zero-order chi connectivity index (χ0) is 37.7. The van der Waals surface area contributed by atoms with E-state index in [9.17, 15) is 0 Å². The number of hydrogen-bond acceptors (Lipinski definition) is 3. The Morgan fingerprint density at radius 1 is 0.316 bits per heavy atom. The highest BCUT2D eigenvalue weighted by molar-refractivity contribution is 7.26. The number of thiophene rings is 1. The van der Waals surface area contributed by atoms with Crippen molar-refractivity contribution in [1.82, 2.24) is 0 Å². The predicted octanol–water partition coefficient (Wildman–Crippen LogP) is 16.0. The van der Waals surface area contributed by atoms with E-state index in [1.54, 1.807) is 0 Å². The van der Waals surface area contributed by atoms with E-state index in [2.05, 4.69) is 217 Å². The van der Waals surface area contributed by atoms with Crippen LogP contribution in [0.2, 0.25) is 0 Å². The van der Waals surface area contributed by atoms with Crippen molar-refractivity contribution in [3.05, 3.63) is 212 Å². The fraction of sp³-hybridized carbons (Fsp3) is 0. The molecule has 0 radical (unpaired) electrons. The van der Waals surface area contributed by atoms with Gasteiger partial charge in [0, 0.05) is 48.2 Å². The number of anilines is 3. The van der Waals surface area contributed by atoms with Crippen molar-refractivity contribution in [2.75, 3.05) is 4.90 Å². The third kappa shape index (κ3) is 5.71. The lowest BCUT2D eigenvalue weighted by atomic mass is 9.92. The molecule has 268 valence electrons. The zero-order valence-electron chi connectivity index (χ0n) is 31.0. The Bertz CT molecular complexity index is 3080. The van der Waals surface area contributed by atoms with Gasteiger partial charge in [-0.2, -0.15) is 0 Å². The summed E-state index contributed by atoms with van der Waals surface area (Å²) in [7, 11) is 0. The highest BCUT2D eigenvalue weighted by Gasteiger charge is 2.28. The summed E-state index contributed by atoms with van der Waals surface area (Å²) in [5.74, 6) is 1.67. The van der Waals surface area contributed by atoms with Crippen LogP contribution in [0.5, 0.6) is 11.5 Å². The molecule has 0 saturated carbocycles. The average Bonchev–Trinajstić information content (AvgIpc) is 3.60. The summed E-state index contributed by atoms with van der Waals surface area (Å²) in [6.07, 6.45) is 0. The molecule has 2 heterocycles. The molecule has 10 aromatic rings. The lowest BCUT2D eigenvalue weighted by Gasteiger charge is -2.29. The summed E-state index contributed by atoms with van der Waals surface area (Å²) in [5, 5.41) is 2.61. The Hall–Kier alpha value is -7.20. The smallest absolute Gasteiger partial charge is 0.159 e. The van der Waals surface area contributed by atoms with E-state index < -0.39 is 0 Å². The first-order chi connectivity index (χ1) is 28.3. The fourth-order valence-corrected chi connectivity index (χ4v) is 9.64. The van der Waals surface area contributed by atoms with Gasteiger partial charge < -0.3 is 9.64 Å². The maximum Gasteiger partial charge on any atom is 0.159 e. The lowest BCUT2D eigenvalue weighted by Crippen LogP contribution is -2.11. The monoisotopic (exact) mass is 745 g/mol. The second kappa shape index (κ2) is 13.8. The van der Waals surface area contributed by atoms with Crippen LogP contribution in [0.1, 0.15) is 0 Å². The molecule has 0 fully saturated rings. The standard InChI is InChI=1S/C54H35NOS/c1-3-14-36(15-4-1)37-28-32-40(33-29-37)55(41-34-30-39(31-35-41)43-22-12-25-49-46-20-9-10-27-51(46)57-54(43)49)50-26-13-24-48-45-19-8-7-18-44(45)47-23-11-21-42(52(47)56-53(48)50)38-16-5-2-6-17-38/h1-35H. The minimum absolute atomic E-state index is 0.818. The molecule has 9 aromatic carbocycles. The van der Waals surface area contributed by atoms with Crippen LogP contribution in [0.3, 0.4) is 0 Å². The van der Waals surface area contributed by atoms with Gasteiger partial charge in [-0.3, -0.25) is 0 Å². The SMILES string of the molecule is c1ccc(-c2ccc(N(c3ccc(-c4cccc5c4sc4ccccc45)cc3)c3cccc4c3Oc3c(-c5ccccc5)cccc3-c3ccccc3-4)cc2)cc1. The van der Waals surface area contributed by atoms with Gasteiger partial charge in [0.2, 0.25) is 0 Å². The van der Waals surface area contributed by atoms with Gasteiger partial charge in [-0.1, -0.05) is 176 Å². The molecule has 1 aliphatic heterocycles. The van der Waals surface area contributed by atoms with Crippen LogP contribution in [0, 0.1) is 0 Å². The molecule has 1 aromatic heterocycles. The van der Waals surface area contributed by atoms with E-state index in [0.717, 1.165) is 61.9 Å². The normalized spacial score (nSPS) is 11.6. The van der Waals surface area contributed by atoms with Crippen LogP contribution < -0.4 is 9.64 Å². The molecule has 2 nitrogen and oxygen atoms in total. The molecule has 0 amide bonds. The molecule has 57 heavy (non-hydrogen) atoms. The van der Waals surface area contributed by atoms with Crippen LogP contribution in [0.25, 0.3) is 75.8 Å². The molecule has 0 spiro atoms. The third-order valence-corrected chi connectivity index (χ3v) is 12.3. The number of fused-ring (bicyclic) bond motifs is 8. The van der Waals surface area contributed by atoms with Crippen molar-refractivity contribution in [2.24, 2.45) is 0 Å². The van der Waals surface area contributed by atoms with Gasteiger partial charge in [-0.15, -0.1) is 11.3 Å². The predicted molar refractivity (Wildman–Crippen MR) is 241 cm³/mol. The molecule has 0 saturated heterocycles. The van der Waals surface area contributed by atoms with Crippen LogP contribution in [0.15, 0.2) is 212 Å². The molecule has 0 aliphatic carbocycles. The second-order valence-electron chi connectivity index (χ2n) is 14.4. The van der Waals surface area contributed by atoms with Crippen LogP contribution in [-0.2, 0) is 0 Å². The number of rotatable bonds is 6. The van der Waals surface area contributed by atoms with Crippen molar-refractivity contribution in [3.63, 3.8) is 0 Å². The maximum absolute atomic E-state index is 7.35. The molecule has 11 rings (SSSR count). The van der Waals surface area contributed by atoms with Crippen LogP contribution in [0.4, 0.5) is 17.1 Å². The quantitative estimate of drug-likeness (QED) is 0.168. The topological polar surface area (TPSA) is 12.5 Å². The highest BCUT2D eigenvalue weighted by Crippen LogP contribution is 2.54. The second-order valence-corrected chi connectivity index (χ2v) is 15.5. The van der Waals surface area contributed by atoms with Crippen molar-refractivity contribution < 1.29 is 4.74 Å². The van der Waals surface area contributed by atoms with E-state index in [1.807, 2.05) is 11.3 Å². The summed E-state index contributed by atoms with van der Waals surface area (Å²) in [6.45, 7) is 0. The van der Waals surface area contributed by atoms with Gasteiger partial charge in [0.25, 0.3) is 0 Å². The van der Waals surface area contributed by atoms with E-state index in [4.69, 9.17) is 4.74 Å². The Morgan fingerprint density at radius 3 is 1.51 bits per heavy atom. The van der Waals surface area contributed by atoms with E-state index in [0.29, 0.717) is 0 Å². The number of ether oxygens (including phenoxy) is 1. The first kappa shape index (κ1) is 33.2. The number of para-hydroxylation sites is 2. The summed E-state index contributed by atoms with van der Waals surface area (Å²) in [4.78, 5) is 2.34. The Morgan fingerprint density at radius 2 is 0.789 bits per heavy atom. The van der Waals surface area contributed by atoms with Gasteiger partial charge in [0.05, 0.1) is 5.69 Å². The first-order valence-corrected chi connectivity index (χ1v) is 20.2. The minimum Gasteiger partial charge on any atom is -0.453 e. The zero-order valence-corrected chi connectivity index (χ0v) is 31.8. The summed E-state index contributed by atoms with van der Waals surface area (Å²) in [5.41, 5.74) is 14.4. The minimum atomic E-state index is 0.818. The molecule has 1 aliphatic rings. The summed E-state index contributed by atoms with van der Waals surface area (Å²) >= 11 is 1.87. The first-order valence-electron chi connectivity index (χ1n) is 19.3. The molecule has 0 N–H and O–H groups in total. The van der Waals surface area contributed by atoms with Gasteiger partial charge in [-0.25, -0.2) is 0 Å². The number of benzene rings is 9. The van der Waals surface area contributed by atoms with E-state index in [-0.39, 0.29) is 0 Å². The Labute approximate surface area is 336 Å². The summed E-state index contributed by atoms with van der Waals surface area (Å²) < 4.78 is 9.97. The van der Waals surface area contributed by atoms with Gasteiger partial charge in [-0.05, 0) is 75.3 Å². The highest BCUT2D eigenvalue weighted by atomic mass is 32.1. The van der Waals surface area contributed by atoms with Crippen molar-refractivity contribution >= 4 is 48.6 Å². The van der Waals surface area contributed by atoms with Crippen molar-refractivity contribution in [2.45, 2.75) is 0 Å². The van der Waals surface area contributed by atoms with Gasteiger partial charge in [0.15, 0.2) is 5.75 Å². The van der Waals surface area contributed by atoms with Crippen molar-refractivity contribution in [3.8, 4) is 67.1 Å². The maximum atomic E-state index is 7.35. The molecule has 0 unspecified atom stereocenters. The van der Waals surface area contributed by atoms with Crippen LogP contribution >= 0.6 is 11.3 Å². The van der Waals surface area contributed by atoms with Gasteiger partial charge >= 0.3 is 0 Å². The van der Waals surface area contributed by atoms with E-state index in [1.165, 1.54) is 42.4 Å². The average molecular weight is 746 g/mol. The number of hydrogen-bond donors (Lipinski definition) is 0. The molecular weight excluding hydrogens is 711 g/mol. The molecule has 3 heteroatoms. The molecule has 0 bridgehead atoms.